The summed E-state index contributed by atoms with van der Waals surface area (Å²) in [6.45, 7) is 2.85. The third-order valence-corrected chi connectivity index (χ3v) is 5.34. The maximum absolute atomic E-state index is 12.3. The topological polar surface area (TPSA) is 98.8 Å². The SMILES string of the molecule is CCCCCCOc1ccc(/C=N\NC(=O)c2ccc3nc(N)sc3c2)cc1OC. The molecule has 0 aliphatic carbocycles. The molecular weight excluding hydrogens is 400 g/mol. The molecule has 1 amide bonds. The number of benzene rings is 2. The van der Waals surface area contributed by atoms with Gasteiger partial charge in [0.2, 0.25) is 0 Å². The van der Waals surface area contributed by atoms with Gasteiger partial charge in [-0.25, -0.2) is 10.4 Å². The summed E-state index contributed by atoms with van der Waals surface area (Å²) in [5.41, 5.74) is 10.3. The molecule has 0 atom stereocenters. The second-order valence-electron chi connectivity index (χ2n) is 6.75. The normalized spacial score (nSPS) is 11.1. The Hall–Kier alpha value is -3.13. The van der Waals surface area contributed by atoms with Crippen LogP contribution >= 0.6 is 11.3 Å². The van der Waals surface area contributed by atoms with E-state index >= 15 is 0 Å². The number of carbonyl (C=O) groups excluding carboxylic acids is 1. The van der Waals surface area contributed by atoms with Gasteiger partial charge >= 0.3 is 0 Å². The summed E-state index contributed by atoms with van der Waals surface area (Å²) >= 11 is 1.34. The summed E-state index contributed by atoms with van der Waals surface area (Å²) in [6.07, 6.45) is 6.16. The zero-order valence-corrected chi connectivity index (χ0v) is 18.0. The molecule has 0 saturated heterocycles. The first kappa shape index (κ1) is 21.6. The zero-order chi connectivity index (χ0) is 21.3. The summed E-state index contributed by atoms with van der Waals surface area (Å²) in [4.78, 5) is 16.5. The van der Waals surface area contributed by atoms with Crippen LogP contribution in [-0.2, 0) is 0 Å². The number of hydrogen-bond donors (Lipinski definition) is 2. The Morgan fingerprint density at radius 1 is 1.20 bits per heavy atom. The maximum atomic E-state index is 12.3. The van der Waals surface area contributed by atoms with Gasteiger partial charge in [-0.3, -0.25) is 4.79 Å². The zero-order valence-electron chi connectivity index (χ0n) is 17.2. The van der Waals surface area contributed by atoms with Crippen molar-refractivity contribution in [3.63, 3.8) is 0 Å². The minimum absolute atomic E-state index is 0.306. The minimum Gasteiger partial charge on any atom is -0.493 e. The molecule has 3 N–H and O–H groups in total. The molecule has 3 rings (SSSR count). The van der Waals surface area contributed by atoms with Crippen molar-refractivity contribution in [1.82, 2.24) is 10.4 Å². The molecule has 0 unspecified atom stereocenters. The molecular formula is C22H26N4O3S. The van der Waals surface area contributed by atoms with E-state index in [-0.39, 0.29) is 5.91 Å². The summed E-state index contributed by atoms with van der Waals surface area (Å²) in [5, 5.41) is 4.52. The number of nitrogens with one attached hydrogen (secondary N) is 1. The van der Waals surface area contributed by atoms with Gasteiger partial charge in [0.15, 0.2) is 16.6 Å². The van der Waals surface area contributed by atoms with Crippen LogP contribution in [0, 0.1) is 0 Å². The average Bonchev–Trinajstić information content (AvgIpc) is 3.13. The predicted molar refractivity (Wildman–Crippen MR) is 122 cm³/mol. The number of hydrogen-bond acceptors (Lipinski definition) is 7. The summed E-state index contributed by atoms with van der Waals surface area (Å²) < 4.78 is 12.1. The van der Waals surface area contributed by atoms with Gasteiger partial charge in [0.1, 0.15) is 0 Å². The van der Waals surface area contributed by atoms with Crippen LogP contribution < -0.4 is 20.6 Å². The molecule has 0 fully saturated rings. The number of anilines is 1. The highest BCUT2D eigenvalue weighted by atomic mass is 32.1. The first-order chi connectivity index (χ1) is 14.6. The second-order valence-corrected chi connectivity index (χ2v) is 7.82. The lowest BCUT2D eigenvalue weighted by Crippen LogP contribution is -2.17. The minimum atomic E-state index is -0.306. The van der Waals surface area contributed by atoms with Crippen molar-refractivity contribution < 1.29 is 14.3 Å². The highest BCUT2D eigenvalue weighted by molar-refractivity contribution is 7.22. The highest BCUT2D eigenvalue weighted by Gasteiger charge is 2.08. The smallest absolute Gasteiger partial charge is 0.271 e. The quantitative estimate of drug-likeness (QED) is 0.280. The Balaban J connectivity index is 1.58. The van der Waals surface area contributed by atoms with Gasteiger partial charge in [-0.15, -0.1) is 0 Å². The van der Waals surface area contributed by atoms with E-state index in [1.165, 1.54) is 24.2 Å². The van der Waals surface area contributed by atoms with Crippen molar-refractivity contribution in [2.45, 2.75) is 32.6 Å². The van der Waals surface area contributed by atoms with Crippen LogP contribution in [0.15, 0.2) is 41.5 Å². The first-order valence-corrected chi connectivity index (χ1v) is 10.7. The second kappa shape index (κ2) is 10.6. The third-order valence-electron chi connectivity index (χ3n) is 4.49. The summed E-state index contributed by atoms with van der Waals surface area (Å²) in [5.74, 6) is 1.03. The Labute approximate surface area is 179 Å². The van der Waals surface area contributed by atoms with Crippen molar-refractivity contribution in [2.24, 2.45) is 5.10 Å². The number of ether oxygens (including phenoxy) is 2. The van der Waals surface area contributed by atoms with Crippen molar-refractivity contribution in [2.75, 3.05) is 19.5 Å². The van der Waals surface area contributed by atoms with Crippen LogP contribution in [0.5, 0.6) is 11.5 Å². The van der Waals surface area contributed by atoms with Crippen molar-refractivity contribution >= 4 is 38.8 Å². The van der Waals surface area contributed by atoms with Crippen molar-refractivity contribution in [1.29, 1.82) is 0 Å². The standard InChI is InChI=1S/C22H26N4O3S/c1-3-4-5-6-11-29-18-10-7-15(12-19(18)28-2)14-24-26-21(27)16-8-9-17-20(13-16)30-22(23)25-17/h7-10,12-14H,3-6,11H2,1-2H3,(H2,23,25)(H,26,27)/b24-14-. The Morgan fingerprint density at radius 3 is 2.87 bits per heavy atom. The number of thiazole rings is 1. The lowest BCUT2D eigenvalue weighted by molar-refractivity contribution is 0.0955. The largest absolute Gasteiger partial charge is 0.493 e. The Kier molecular flexibility index (Phi) is 7.62. The fourth-order valence-electron chi connectivity index (χ4n) is 2.91. The van der Waals surface area contributed by atoms with Gasteiger partial charge in [-0.2, -0.15) is 5.10 Å². The van der Waals surface area contributed by atoms with E-state index in [0.29, 0.717) is 28.8 Å². The van der Waals surface area contributed by atoms with E-state index in [0.717, 1.165) is 28.6 Å². The van der Waals surface area contributed by atoms with Gasteiger partial charge in [0, 0.05) is 5.56 Å². The fraction of sp³-hybridized carbons (Fsp3) is 0.318. The number of methoxy groups -OCH3 is 1. The lowest BCUT2D eigenvalue weighted by Gasteiger charge is -2.11. The van der Waals surface area contributed by atoms with Crippen molar-refractivity contribution in [3.8, 4) is 11.5 Å². The number of carbonyl (C=O) groups is 1. The van der Waals surface area contributed by atoms with E-state index in [9.17, 15) is 4.79 Å². The molecule has 2 aromatic carbocycles. The molecule has 0 spiro atoms. The average molecular weight is 427 g/mol. The molecule has 0 radical (unpaired) electrons. The number of aromatic nitrogens is 1. The number of nitrogen functional groups attached to an aromatic ring is 1. The molecule has 0 saturated carbocycles. The van der Waals surface area contributed by atoms with Crippen LogP contribution in [0.3, 0.4) is 0 Å². The molecule has 1 aromatic heterocycles. The van der Waals surface area contributed by atoms with E-state index in [1.807, 2.05) is 18.2 Å². The molecule has 8 heteroatoms. The number of amides is 1. The number of rotatable bonds is 10. The number of nitrogens with two attached hydrogens (primary N) is 1. The van der Waals surface area contributed by atoms with Gasteiger partial charge in [-0.1, -0.05) is 37.5 Å². The van der Waals surface area contributed by atoms with Gasteiger partial charge in [-0.05, 0) is 48.4 Å². The van der Waals surface area contributed by atoms with Gasteiger partial charge in [0.05, 0.1) is 30.1 Å². The summed E-state index contributed by atoms with van der Waals surface area (Å²) in [7, 11) is 1.60. The van der Waals surface area contributed by atoms with E-state index in [1.54, 1.807) is 31.5 Å². The molecule has 7 nitrogen and oxygen atoms in total. The van der Waals surface area contributed by atoms with Crippen LogP contribution in [0.2, 0.25) is 0 Å². The maximum Gasteiger partial charge on any atom is 0.271 e. The molecule has 158 valence electrons. The molecule has 0 aliphatic heterocycles. The Bertz CT molecular complexity index is 1030. The molecule has 3 aromatic rings. The first-order valence-electron chi connectivity index (χ1n) is 9.91. The highest BCUT2D eigenvalue weighted by Crippen LogP contribution is 2.28. The molecule has 0 bridgehead atoms. The molecule has 30 heavy (non-hydrogen) atoms. The van der Waals surface area contributed by atoms with E-state index in [4.69, 9.17) is 15.2 Å². The summed E-state index contributed by atoms with van der Waals surface area (Å²) in [6, 6.07) is 10.8. The van der Waals surface area contributed by atoms with E-state index < -0.39 is 0 Å². The lowest BCUT2D eigenvalue weighted by atomic mass is 10.2. The predicted octanol–water partition coefficient (Wildman–Crippen LogP) is 4.61. The number of hydrazone groups is 1. The van der Waals surface area contributed by atoms with Crippen LogP contribution in [-0.4, -0.2) is 30.8 Å². The fourth-order valence-corrected chi connectivity index (χ4v) is 3.68. The monoisotopic (exact) mass is 426 g/mol. The number of fused-ring (bicyclic) bond motifs is 1. The molecule has 1 heterocycles. The third kappa shape index (κ3) is 5.70. The van der Waals surface area contributed by atoms with Crippen LogP contribution in [0.1, 0.15) is 48.5 Å². The van der Waals surface area contributed by atoms with E-state index in [2.05, 4.69) is 22.4 Å². The number of unbranched alkanes of at least 4 members (excludes halogenated alkanes) is 3. The molecule has 0 aliphatic rings. The van der Waals surface area contributed by atoms with Crippen LogP contribution in [0.25, 0.3) is 10.2 Å². The van der Waals surface area contributed by atoms with Crippen molar-refractivity contribution in [3.05, 3.63) is 47.5 Å². The van der Waals surface area contributed by atoms with Crippen LogP contribution in [0.4, 0.5) is 5.13 Å². The van der Waals surface area contributed by atoms with Gasteiger partial charge in [0.25, 0.3) is 5.91 Å². The van der Waals surface area contributed by atoms with Gasteiger partial charge < -0.3 is 15.2 Å². The number of nitrogens with zero attached hydrogens (tertiary/aromatic N) is 2. The Morgan fingerprint density at radius 2 is 2.07 bits per heavy atom.